The first-order valence-electron chi connectivity index (χ1n) is 20.4. The average molecular weight is 781 g/mol. The van der Waals surface area contributed by atoms with Gasteiger partial charge in [-0.3, -0.25) is 0 Å². The van der Waals surface area contributed by atoms with Crippen LogP contribution in [0.25, 0.3) is 127 Å². The van der Waals surface area contributed by atoms with E-state index in [9.17, 15) is 0 Å². The van der Waals surface area contributed by atoms with Crippen LogP contribution in [-0.4, -0.2) is 19.5 Å². The van der Waals surface area contributed by atoms with Crippen LogP contribution in [0.4, 0.5) is 0 Å². The molecule has 61 heavy (non-hydrogen) atoms. The summed E-state index contributed by atoms with van der Waals surface area (Å²) < 4.78 is 15.9. The lowest BCUT2D eigenvalue weighted by Crippen LogP contribution is -2.04. The molecule has 0 fully saturated rings. The molecule has 0 saturated carbocycles. The summed E-state index contributed by atoms with van der Waals surface area (Å²) in [5.41, 5.74) is 10.7. The van der Waals surface area contributed by atoms with Crippen LogP contribution in [0, 0.1) is 0 Å². The second kappa shape index (κ2) is 13.1. The largest absolute Gasteiger partial charge is 0.455 e. The number of hydrogen-bond donors (Lipinski definition) is 0. The van der Waals surface area contributed by atoms with E-state index in [0.717, 1.165) is 105 Å². The first kappa shape index (κ1) is 33.6. The third-order valence-electron chi connectivity index (χ3n) is 12.0. The highest BCUT2D eigenvalue weighted by Crippen LogP contribution is 2.44. The Morgan fingerprint density at radius 2 is 0.902 bits per heavy atom. The highest BCUT2D eigenvalue weighted by molar-refractivity contribution is 6.17. The minimum Gasteiger partial charge on any atom is -0.455 e. The molecule has 4 aromatic heterocycles. The zero-order valence-corrected chi connectivity index (χ0v) is 32.6. The second-order valence-electron chi connectivity index (χ2n) is 15.5. The quantitative estimate of drug-likeness (QED) is 0.174. The van der Waals surface area contributed by atoms with Gasteiger partial charge in [0, 0.05) is 43.4 Å². The fourth-order valence-electron chi connectivity index (χ4n) is 9.21. The Bertz CT molecular complexity index is 3900. The van der Waals surface area contributed by atoms with E-state index >= 15 is 0 Å². The van der Waals surface area contributed by atoms with Crippen LogP contribution in [0.1, 0.15) is 0 Å². The average Bonchev–Trinajstić information content (AvgIpc) is 4.00. The highest BCUT2D eigenvalue weighted by atomic mass is 16.3. The second-order valence-corrected chi connectivity index (χ2v) is 15.5. The summed E-state index contributed by atoms with van der Waals surface area (Å²) in [7, 11) is 0. The van der Waals surface area contributed by atoms with Gasteiger partial charge < -0.3 is 13.4 Å². The number of furan rings is 2. The van der Waals surface area contributed by atoms with Gasteiger partial charge >= 0.3 is 0 Å². The van der Waals surface area contributed by atoms with Crippen molar-refractivity contribution in [3.05, 3.63) is 194 Å². The van der Waals surface area contributed by atoms with Crippen molar-refractivity contribution in [3.8, 4) is 51.0 Å². The lowest BCUT2D eigenvalue weighted by atomic mass is 10.0. The van der Waals surface area contributed by atoms with Crippen molar-refractivity contribution in [3.63, 3.8) is 0 Å². The molecule has 0 saturated heterocycles. The van der Waals surface area contributed by atoms with Crippen molar-refractivity contribution in [2.75, 3.05) is 0 Å². The van der Waals surface area contributed by atoms with E-state index in [-0.39, 0.29) is 0 Å². The minimum absolute atomic E-state index is 0.513. The highest BCUT2D eigenvalue weighted by Gasteiger charge is 2.25. The zero-order valence-electron chi connectivity index (χ0n) is 32.6. The van der Waals surface area contributed by atoms with Gasteiger partial charge in [0.1, 0.15) is 22.4 Å². The predicted octanol–water partition coefficient (Wildman–Crippen LogP) is 14.6. The summed E-state index contributed by atoms with van der Waals surface area (Å²) in [5.74, 6) is 1.58. The molecule has 4 heterocycles. The molecule has 9 aromatic carbocycles. The maximum atomic E-state index is 6.93. The number of rotatable bonds is 5. The number of hydrogen-bond acceptors (Lipinski definition) is 5. The molecule has 284 valence electrons. The van der Waals surface area contributed by atoms with Crippen molar-refractivity contribution >= 4 is 76.5 Å². The van der Waals surface area contributed by atoms with Crippen LogP contribution in [0.15, 0.2) is 203 Å². The number of aromatic nitrogens is 4. The molecule has 6 nitrogen and oxygen atoms in total. The van der Waals surface area contributed by atoms with E-state index in [2.05, 4.69) is 150 Å². The lowest BCUT2D eigenvalue weighted by Gasteiger charge is -2.15. The van der Waals surface area contributed by atoms with Crippen LogP contribution in [0.5, 0.6) is 0 Å². The molecule has 13 aromatic rings. The Hall–Kier alpha value is -8.35. The van der Waals surface area contributed by atoms with Crippen molar-refractivity contribution in [1.82, 2.24) is 19.5 Å². The van der Waals surface area contributed by atoms with Gasteiger partial charge in [0.2, 0.25) is 0 Å². The normalized spacial score (nSPS) is 11.9. The predicted molar refractivity (Wildman–Crippen MR) is 248 cm³/mol. The minimum atomic E-state index is 0.513. The molecule has 0 spiro atoms. The summed E-state index contributed by atoms with van der Waals surface area (Å²) in [4.78, 5) is 16.1. The van der Waals surface area contributed by atoms with Gasteiger partial charge in [-0.15, -0.1) is 0 Å². The van der Waals surface area contributed by atoms with Crippen molar-refractivity contribution < 1.29 is 8.83 Å². The molecule has 0 aliphatic heterocycles. The van der Waals surface area contributed by atoms with Crippen LogP contribution >= 0.6 is 0 Å². The van der Waals surface area contributed by atoms with Crippen molar-refractivity contribution in [2.45, 2.75) is 0 Å². The third kappa shape index (κ3) is 5.19. The zero-order chi connectivity index (χ0) is 40.0. The number of para-hydroxylation sites is 4. The van der Waals surface area contributed by atoms with Crippen LogP contribution < -0.4 is 0 Å². The van der Waals surface area contributed by atoms with E-state index < -0.39 is 0 Å². The first-order chi connectivity index (χ1) is 30.2. The fourth-order valence-corrected chi connectivity index (χ4v) is 9.21. The Labute approximate surface area is 348 Å². The monoisotopic (exact) mass is 780 g/mol. The summed E-state index contributed by atoms with van der Waals surface area (Å²) >= 11 is 0. The Morgan fingerprint density at radius 1 is 0.328 bits per heavy atom. The molecular weight excluding hydrogens is 749 g/mol. The van der Waals surface area contributed by atoms with Gasteiger partial charge in [0.15, 0.2) is 23.1 Å². The molecule has 0 bridgehead atoms. The summed E-state index contributed by atoms with van der Waals surface area (Å²) in [6.45, 7) is 0. The molecule has 0 unspecified atom stereocenters. The molecule has 0 radical (unpaired) electrons. The first-order valence-corrected chi connectivity index (χ1v) is 20.4. The Kier molecular flexibility index (Phi) is 7.21. The maximum absolute atomic E-state index is 6.93. The van der Waals surface area contributed by atoms with Crippen molar-refractivity contribution in [2.24, 2.45) is 0 Å². The van der Waals surface area contributed by atoms with Gasteiger partial charge in [0.05, 0.1) is 16.6 Å². The molecule has 6 heteroatoms. The van der Waals surface area contributed by atoms with Crippen LogP contribution in [-0.2, 0) is 0 Å². The van der Waals surface area contributed by atoms with Crippen molar-refractivity contribution in [1.29, 1.82) is 0 Å². The van der Waals surface area contributed by atoms with E-state index in [1.807, 2.05) is 48.5 Å². The summed E-state index contributed by atoms with van der Waals surface area (Å²) in [6.07, 6.45) is 0. The molecule has 0 amide bonds. The van der Waals surface area contributed by atoms with Gasteiger partial charge in [-0.25, -0.2) is 15.0 Å². The molecule has 0 N–H and O–H groups in total. The maximum Gasteiger partial charge on any atom is 0.167 e. The third-order valence-corrected chi connectivity index (χ3v) is 12.0. The SMILES string of the molecule is c1ccc(-c2cccc(-c3nc(-c4ccc5c(oc6ccccc65)c4-n4c5ccccc5c5cc6ccccc6cc54)nc(-c4cccc5c4oc4ccccc45)n3)c2)cc1. The molecule has 13 rings (SSSR count). The van der Waals surface area contributed by atoms with E-state index in [1.54, 1.807) is 0 Å². The number of benzene rings is 9. The van der Waals surface area contributed by atoms with Crippen LogP contribution in [0.2, 0.25) is 0 Å². The summed E-state index contributed by atoms with van der Waals surface area (Å²) in [6, 6.07) is 67.4. The number of nitrogens with zero attached hydrogens (tertiary/aromatic N) is 4. The van der Waals surface area contributed by atoms with E-state index in [4.69, 9.17) is 23.8 Å². The fraction of sp³-hybridized carbons (Fsp3) is 0. The topological polar surface area (TPSA) is 69.9 Å². The van der Waals surface area contributed by atoms with Gasteiger partial charge in [-0.05, 0) is 76.5 Å². The molecule has 0 aliphatic carbocycles. The van der Waals surface area contributed by atoms with E-state index in [1.165, 1.54) is 5.39 Å². The Balaban J connectivity index is 1.15. The molecular formula is C55H32N4O2. The Morgan fingerprint density at radius 3 is 1.70 bits per heavy atom. The summed E-state index contributed by atoms with van der Waals surface area (Å²) in [5, 5.41) is 8.74. The van der Waals surface area contributed by atoms with Gasteiger partial charge in [-0.1, -0.05) is 140 Å². The lowest BCUT2D eigenvalue weighted by molar-refractivity contribution is 0.666. The van der Waals surface area contributed by atoms with E-state index in [0.29, 0.717) is 17.5 Å². The number of fused-ring (bicyclic) bond motifs is 10. The molecule has 0 aliphatic rings. The van der Waals surface area contributed by atoms with Gasteiger partial charge in [-0.2, -0.15) is 0 Å². The standard InChI is InChI=1S/C55H32N4O2/c1-2-14-33(15-3-1)34-18-12-19-37(30-34)53-56-54(58-55(57-53)44-24-13-23-41-39-21-7-10-26-48(39)60-51(41)44)43-29-28-42-40-22-8-11-27-49(40)61-52(42)50(43)59-46-25-9-6-20-38(46)45-31-35-16-4-5-17-36(35)32-47(45)59/h1-32H. The molecule has 0 atom stereocenters. The van der Waals surface area contributed by atoms with Crippen LogP contribution in [0.3, 0.4) is 0 Å². The van der Waals surface area contributed by atoms with Gasteiger partial charge in [0.25, 0.3) is 0 Å². The smallest absolute Gasteiger partial charge is 0.167 e.